The molecular weight excluding hydrogens is 336 g/mol. The van der Waals surface area contributed by atoms with Crippen LogP contribution in [0.15, 0.2) is 29.3 Å². The molecule has 2 N–H and O–H groups in total. The first-order valence-electron chi connectivity index (χ1n) is 10.6. The maximum absolute atomic E-state index is 5.84. The van der Waals surface area contributed by atoms with E-state index in [1.54, 1.807) is 0 Å². The number of rotatable bonds is 6. The fraction of sp³-hybridized carbons (Fsp3) is 0.682. The molecule has 2 fully saturated rings. The van der Waals surface area contributed by atoms with Crippen molar-refractivity contribution in [3.05, 3.63) is 35.4 Å². The highest BCUT2D eigenvalue weighted by atomic mass is 16.5. The Kier molecular flexibility index (Phi) is 7.53. The second kappa shape index (κ2) is 10.1. The molecule has 2 aliphatic rings. The summed E-state index contributed by atoms with van der Waals surface area (Å²) in [6.45, 7) is 8.16. The van der Waals surface area contributed by atoms with Crippen LogP contribution in [0.4, 0.5) is 0 Å². The van der Waals surface area contributed by atoms with E-state index in [-0.39, 0.29) is 5.60 Å². The minimum atomic E-state index is -0.0648. The van der Waals surface area contributed by atoms with Crippen LogP contribution in [-0.4, -0.2) is 49.7 Å². The van der Waals surface area contributed by atoms with E-state index in [1.807, 2.05) is 7.05 Å². The van der Waals surface area contributed by atoms with Crippen molar-refractivity contribution in [2.24, 2.45) is 4.99 Å². The number of benzene rings is 1. The zero-order chi connectivity index (χ0) is 19.0. The van der Waals surface area contributed by atoms with Crippen molar-refractivity contribution in [1.29, 1.82) is 0 Å². The molecule has 1 atom stereocenters. The molecule has 0 amide bonds. The van der Waals surface area contributed by atoms with E-state index in [0.29, 0.717) is 0 Å². The summed E-state index contributed by atoms with van der Waals surface area (Å²) < 4.78 is 5.84. The summed E-state index contributed by atoms with van der Waals surface area (Å²) in [6, 6.07) is 8.94. The zero-order valence-corrected chi connectivity index (χ0v) is 17.1. The van der Waals surface area contributed by atoms with Gasteiger partial charge in [0.25, 0.3) is 0 Å². The third-order valence-electron chi connectivity index (χ3n) is 5.71. The van der Waals surface area contributed by atoms with Crippen molar-refractivity contribution in [1.82, 2.24) is 15.5 Å². The van der Waals surface area contributed by atoms with E-state index in [4.69, 9.17) is 4.74 Å². The first-order chi connectivity index (χ1) is 13.2. The van der Waals surface area contributed by atoms with E-state index >= 15 is 0 Å². The van der Waals surface area contributed by atoms with E-state index in [9.17, 15) is 0 Å². The summed E-state index contributed by atoms with van der Waals surface area (Å²) in [5, 5.41) is 6.85. The van der Waals surface area contributed by atoms with Crippen molar-refractivity contribution in [2.45, 2.75) is 64.1 Å². The number of likely N-dealkylation sites (tertiary alicyclic amines) is 1. The van der Waals surface area contributed by atoms with Gasteiger partial charge in [0.1, 0.15) is 0 Å². The Morgan fingerprint density at radius 1 is 1.11 bits per heavy atom. The Hall–Kier alpha value is -1.59. The van der Waals surface area contributed by atoms with E-state index < -0.39 is 0 Å². The van der Waals surface area contributed by atoms with Crippen molar-refractivity contribution >= 4 is 5.96 Å². The Bertz CT molecular complexity index is 602. The lowest BCUT2D eigenvalue weighted by Gasteiger charge is -2.24. The number of hydrogen-bond acceptors (Lipinski definition) is 3. The van der Waals surface area contributed by atoms with Gasteiger partial charge in [-0.2, -0.15) is 0 Å². The van der Waals surface area contributed by atoms with Crippen LogP contribution >= 0.6 is 0 Å². The minimum Gasteiger partial charge on any atom is -0.373 e. The predicted octanol–water partition coefficient (Wildman–Crippen LogP) is 3.30. The average molecular weight is 373 g/mol. The lowest BCUT2D eigenvalue weighted by atomic mass is 10.0. The number of hydrogen-bond donors (Lipinski definition) is 2. The molecule has 0 bridgehead atoms. The molecule has 27 heavy (non-hydrogen) atoms. The normalized spacial score (nSPS) is 24.6. The monoisotopic (exact) mass is 372 g/mol. The molecular formula is C22H36N4O. The Morgan fingerprint density at radius 2 is 1.89 bits per heavy atom. The summed E-state index contributed by atoms with van der Waals surface area (Å²) >= 11 is 0. The van der Waals surface area contributed by atoms with Gasteiger partial charge in [-0.1, -0.05) is 37.1 Å². The molecule has 0 aromatic heterocycles. The lowest BCUT2D eigenvalue weighted by molar-refractivity contribution is 0.0243. The molecule has 5 heteroatoms. The number of guanidine groups is 1. The van der Waals surface area contributed by atoms with Gasteiger partial charge in [0, 0.05) is 33.3 Å². The number of ether oxygens (including phenoxy) is 1. The van der Waals surface area contributed by atoms with Gasteiger partial charge in [-0.05, 0) is 56.8 Å². The highest BCUT2D eigenvalue weighted by Crippen LogP contribution is 2.23. The van der Waals surface area contributed by atoms with Crippen LogP contribution in [0.5, 0.6) is 0 Å². The second-order valence-electron chi connectivity index (χ2n) is 8.19. The lowest BCUT2D eigenvalue weighted by Crippen LogP contribution is -2.45. The summed E-state index contributed by atoms with van der Waals surface area (Å²) in [4.78, 5) is 6.95. The van der Waals surface area contributed by atoms with E-state index in [1.165, 1.54) is 49.9 Å². The molecule has 150 valence electrons. The van der Waals surface area contributed by atoms with Crippen LogP contribution in [-0.2, 0) is 17.8 Å². The third kappa shape index (κ3) is 6.51. The summed E-state index contributed by atoms with van der Waals surface area (Å²) in [6.07, 6.45) is 7.70. The predicted molar refractivity (Wildman–Crippen MR) is 112 cm³/mol. The molecule has 0 aliphatic carbocycles. The topological polar surface area (TPSA) is 48.9 Å². The first-order valence-corrected chi connectivity index (χ1v) is 10.6. The number of aliphatic imine (C=N–C) groups is 1. The van der Waals surface area contributed by atoms with Crippen molar-refractivity contribution in [3.63, 3.8) is 0 Å². The van der Waals surface area contributed by atoms with Gasteiger partial charge in [-0.3, -0.25) is 9.89 Å². The smallest absolute Gasteiger partial charge is 0.191 e. The van der Waals surface area contributed by atoms with Gasteiger partial charge < -0.3 is 15.4 Å². The Morgan fingerprint density at radius 3 is 2.59 bits per heavy atom. The SMILES string of the molecule is CN=C(NCc1cccc(CN2CCCCCC2)c1)NCC1(C)CCCO1. The van der Waals surface area contributed by atoms with Gasteiger partial charge in [0.05, 0.1) is 5.60 Å². The molecule has 0 saturated carbocycles. The molecule has 5 nitrogen and oxygen atoms in total. The largest absolute Gasteiger partial charge is 0.373 e. The maximum Gasteiger partial charge on any atom is 0.191 e. The Balaban J connectivity index is 1.48. The van der Waals surface area contributed by atoms with Crippen LogP contribution in [0.3, 0.4) is 0 Å². The van der Waals surface area contributed by atoms with Gasteiger partial charge in [-0.25, -0.2) is 0 Å². The molecule has 3 rings (SSSR count). The molecule has 1 unspecified atom stereocenters. The number of nitrogens with one attached hydrogen (secondary N) is 2. The molecule has 1 aromatic carbocycles. The zero-order valence-electron chi connectivity index (χ0n) is 17.1. The fourth-order valence-corrected chi connectivity index (χ4v) is 4.04. The maximum atomic E-state index is 5.84. The van der Waals surface area contributed by atoms with E-state index in [0.717, 1.165) is 45.0 Å². The molecule has 1 aromatic rings. The van der Waals surface area contributed by atoms with Crippen LogP contribution in [0.1, 0.15) is 56.6 Å². The highest BCUT2D eigenvalue weighted by Gasteiger charge is 2.29. The van der Waals surface area contributed by atoms with Crippen LogP contribution in [0.25, 0.3) is 0 Å². The van der Waals surface area contributed by atoms with Gasteiger partial charge in [0.2, 0.25) is 0 Å². The molecule has 0 spiro atoms. The minimum absolute atomic E-state index is 0.0648. The summed E-state index contributed by atoms with van der Waals surface area (Å²) in [7, 11) is 1.82. The van der Waals surface area contributed by atoms with Gasteiger partial charge in [0.15, 0.2) is 5.96 Å². The van der Waals surface area contributed by atoms with E-state index in [2.05, 4.69) is 51.7 Å². The standard InChI is InChI=1S/C22H36N4O/c1-22(11-8-14-27-22)18-25-21(23-2)24-16-19-9-7-10-20(15-19)17-26-12-5-3-4-6-13-26/h7,9-10,15H,3-6,8,11-14,16-18H2,1-2H3,(H2,23,24,25). The van der Waals surface area contributed by atoms with Gasteiger partial charge in [-0.15, -0.1) is 0 Å². The van der Waals surface area contributed by atoms with Crippen molar-refractivity contribution in [3.8, 4) is 0 Å². The summed E-state index contributed by atoms with van der Waals surface area (Å²) in [5.41, 5.74) is 2.64. The molecule has 2 aliphatic heterocycles. The molecule has 2 saturated heterocycles. The third-order valence-corrected chi connectivity index (χ3v) is 5.71. The highest BCUT2D eigenvalue weighted by molar-refractivity contribution is 5.79. The first kappa shape index (κ1) is 20.2. The molecule has 0 radical (unpaired) electrons. The van der Waals surface area contributed by atoms with Crippen LogP contribution in [0.2, 0.25) is 0 Å². The van der Waals surface area contributed by atoms with Gasteiger partial charge >= 0.3 is 0 Å². The second-order valence-corrected chi connectivity index (χ2v) is 8.19. The fourth-order valence-electron chi connectivity index (χ4n) is 4.04. The van der Waals surface area contributed by atoms with Crippen LogP contribution in [0, 0.1) is 0 Å². The number of nitrogens with zero attached hydrogens (tertiary/aromatic N) is 2. The quantitative estimate of drug-likeness (QED) is 0.594. The van der Waals surface area contributed by atoms with Crippen LogP contribution < -0.4 is 10.6 Å². The Labute approximate surface area is 164 Å². The van der Waals surface area contributed by atoms with Crippen molar-refractivity contribution in [2.75, 3.05) is 33.3 Å². The van der Waals surface area contributed by atoms with Crippen molar-refractivity contribution < 1.29 is 4.74 Å². The summed E-state index contributed by atoms with van der Waals surface area (Å²) in [5.74, 6) is 0.838. The molecule has 2 heterocycles. The average Bonchev–Trinajstić information content (AvgIpc) is 2.95.